The summed E-state index contributed by atoms with van der Waals surface area (Å²) < 4.78 is 5.03. The second-order valence-corrected chi connectivity index (χ2v) is 6.61. The molecule has 1 N–H and O–H groups in total. The number of hydrogen-bond donors (Lipinski definition) is 1. The van der Waals surface area contributed by atoms with E-state index in [-0.39, 0.29) is 18.1 Å². The second kappa shape index (κ2) is 8.45. The third-order valence-corrected chi connectivity index (χ3v) is 4.72. The van der Waals surface area contributed by atoms with Gasteiger partial charge in [0, 0.05) is 36.2 Å². The van der Waals surface area contributed by atoms with Gasteiger partial charge in [0.2, 0.25) is 0 Å². The molecule has 138 valence electrons. The van der Waals surface area contributed by atoms with Crippen LogP contribution in [0.1, 0.15) is 27.4 Å². The molecule has 0 radical (unpaired) electrons. The van der Waals surface area contributed by atoms with Crippen LogP contribution < -0.4 is 5.32 Å². The van der Waals surface area contributed by atoms with Gasteiger partial charge in [0.1, 0.15) is 10.8 Å². The third kappa shape index (κ3) is 4.70. The van der Waals surface area contributed by atoms with Gasteiger partial charge in [-0.15, -0.1) is 0 Å². The lowest BCUT2D eigenvalue weighted by Gasteiger charge is -2.09. The maximum Gasteiger partial charge on any atom is 0.274 e. The van der Waals surface area contributed by atoms with Crippen LogP contribution in [0.5, 0.6) is 0 Å². The highest BCUT2D eigenvalue weighted by atomic mass is 32.2. The van der Waals surface area contributed by atoms with Gasteiger partial charge < -0.3 is 9.84 Å². The van der Waals surface area contributed by atoms with Crippen LogP contribution in [0.2, 0.25) is 0 Å². The lowest BCUT2D eigenvalue weighted by atomic mass is 10.1. The third-order valence-electron chi connectivity index (χ3n) is 3.68. The molecule has 3 aromatic rings. The molecular formula is C18H16N4O4S. The highest BCUT2D eigenvalue weighted by Gasteiger charge is 2.16. The van der Waals surface area contributed by atoms with Crippen LogP contribution in [-0.4, -0.2) is 21.0 Å². The summed E-state index contributed by atoms with van der Waals surface area (Å²) in [5.41, 5.74) is 1.57. The number of nitro groups is 1. The van der Waals surface area contributed by atoms with Crippen LogP contribution in [-0.2, 0) is 12.3 Å². The Hall–Kier alpha value is -3.20. The van der Waals surface area contributed by atoms with E-state index >= 15 is 0 Å². The summed E-state index contributed by atoms with van der Waals surface area (Å²) in [5, 5.41) is 18.3. The first-order chi connectivity index (χ1) is 13.0. The predicted octanol–water partition coefficient (Wildman–Crippen LogP) is 3.51. The van der Waals surface area contributed by atoms with E-state index in [1.165, 1.54) is 17.8 Å². The largest absolute Gasteiger partial charge is 0.361 e. The summed E-state index contributed by atoms with van der Waals surface area (Å²) in [6, 6.07) is 11.5. The topological polar surface area (TPSA) is 111 Å². The minimum Gasteiger partial charge on any atom is -0.361 e. The van der Waals surface area contributed by atoms with Crippen molar-refractivity contribution in [2.24, 2.45) is 0 Å². The Balaban J connectivity index is 1.69. The molecule has 0 bridgehead atoms. The predicted molar refractivity (Wildman–Crippen MR) is 99.3 cm³/mol. The number of nitrogens with one attached hydrogen (secondary N) is 1. The monoisotopic (exact) mass is 384 g/mol. The van der Waals surface area contributed by atoms with E-state index in [1.54, 1.807) is 36.5 Å². The number of thioether (sulfide) groups is 1. The van der Waals surface area contributed by atoms with Gasteiger partial charge in [0.15, 0.2) is 0 Å². The molecular weight excluding hydrogens is 368 g/mol. The van der Waals surface area contributed by atoms with E-state index in [1.807, 2.05) is 13.0 Å². The first kappa shape index (κ1) is 18.6. The van der Waals surface area contributed by atoms with Gasteiger partial charge in [-0.25, -0.2) is 4.98 Å². The number of para-hydroxylation sites is 1. The van der Waals surface area contributed by atoms with Gasteiger partial charge in [0.05, 0.1) is 16.2 Å². The first-order valence-corrected chi connectivity index (χ1v) is 9.03. The van der Waals surface area contributed by atoms with E-state index in [4.69, 9.17) is 4.52 Å². The molecule has 3 rings (SSSR count). The minimum absolute atomic E-state index is 0.0278. The Morgan fingerprint density at radius 2 is 2.11 bits per heavy atom. The maximum absolute atomic E-state index is 12.6. The molecule has 0 aliphatic rings. The zero-order chi connectivity index (χ0) is 19.2. The van der Waals surface area contributed by atoms with Gasteiger partial charge in [-0.05, 0) is 19.1 Å². The second-order valence-electron chi connectivity index (χ2n) is 5.64. The number of amides is 1. The quantitative estimate of drug-likeness (QED) is 0.377. The van der Waals surface area contributed by atoms with E-state index in [2.05, 4.69) is 15.5 Å². The van der Waals surface area contributed by atoms with Gasteiger partial charge in [0.25, 0.3) is 11.6 Å². The molecule has 9 heteroatoms. The summed E-state index contributed by atoms with van der Waals surface area (Å²) in [5.74, 6) is 0.882. The minimum atomic E-state index is -0.466. The molecule has 2 heterocycles. The van der Waals surface area contributed by atoms with Crippen LogP contribution in [0.25, 0.3) is 0 Å². The Morgan fingerprint density at radius 3 is 2.85 bits per heavy atom. The molecule has 8 nitrogen and oxygen atoms in total. The smallest absolute Gasteiger partial charge is 0.274 e. The van der Waals surface area contributed by atoms with Crippen molar-refractivity contribution in [1.82, 2.24) is 15.5 Å². The Kier molecular flexibility index (Phi) is 5.82. The fourth-order valence-corrected chi connectivity index (χ4v) is 3.29. The van der Waals surface area contributed by atoms with E-state index in [0.29, 0.717) is 27.7 Å². The Labute approximate surface area is 159 Å². The summed E-state index contributed by atoms with van der Waals surface area (Å²) in [7, 11) is 0. The zero-order valence-corrected chi connectivity index (χ0v) is 15.2. The van der Waals surface area contributed by atoms with Gasteiger partial charge in [-0.2, -0.15) is 0 Å². The Morgan fingerprint density at radius 1 is 1.30 bits per heavy atom. The van der Waals surface area contributed by atoms with Crippen molar-refractivity contribution < 1.29 is 14.2 Å². The van der Waals surface area contributed by atoms with Crippen molar-refractivity contribution in [1.29, 1.82) is 0 Å². The molecule has 2 aromatic heterocycles. The van der Waals surface area contributed by atoms with Crippen LogP contribution in [0, 0.1) is 17.0 Å². The van der Waals surface area contributed by atoms with Gasteiger partial charge in [-0.3, -0.25) is 14.9 Å². The molecule has 0 aliphatic carbocycles. The lowest BCUT2D eigenvalue weighted by molar-refractivity contribution is -0.385. The summed E-state index contributed by atoms with van der Waals surface area (Å²) in [4.78, 5) is 27.4. The van der Waals surface area contributed by atoms with Crippen molar-refractivity contribution in [2.75, 3.05) is 0 Å². The molecule has 0 saturated carbocycles. The van der Waals surface area contributed by atoms with E-state index in [0.717, 1.165) is 5.69 Å². The Bertz CT molecular complexity index is 973. The van der Waals surface area contributed by atoms with Crippen molar-refractivity contribution >= 4 is 23.4 Å². The van der Waals surface area contributed by atoms with E-state index in [9.17, 15) is 14.9 Å². The highest BCUT2D eigenvalue weighted by molar-refractivity contribution is 7.98. The van der Waals surface area contributed by atoms with Crippen LogP contribution in [0.15, 0.2) is 58.2 Å². The van der Waals surface area contributed by atoms with Crippen molar-refractivity contribution in [3.8, 4) is 0 Å². The average molecular weight is 384 g/mol. The molecule has 0 aliphatic heterocycles. The molecule has 27 heavy (non-hydrogen) atoms. The normalized spacial score (nSPS) is 10.6. The van der Waals surface area contributed by atoms with Crippen molar-refractivity contribution in [3.05, 3.63) is 81.4 Å². The highest BCUT2D eigenvalue weighted by Crippen LogP contribution is 2.24. The molecule has 0 saturated heterocycles. The molecule has 0 spiro atoms. The number of rotatable bonds is 7. The number of benzene rings is 1. The fraction of sp³-hybridized carbons (Fsp3) is 0.167. The number of carbonyl (C=O) groups is 1. The average Bonchev–Trinajstić information content (AvgIpc) is 3.10. The molecule has 0 unspecified atom stereocenters. The lowest BCUT2D eigenvalue weighted by Crippen LogP contribution is -2.24. The number of carbonyl (C=O) groups excluding carboxylic acids is 1. The van der Waals surface area contributed by atoms with Crippen LogP contribution in [0.4, 0.5) is 5.69 Å². The standard InChI is InChI=1S/C18H16N4O4S/c1-12-9-14(21-26-12)11-27-18-15(6-4-8-19-18)17(23)20-10-13-5-2-3-7-16(13)22(24)25/h2-9H,10-11H2,1H3,(H,20,23). The van der Waals surface area contributed by atoms with Crippen molar-refractivity contribution in [3.63, 3.8) is 0 Å². The number of aryl methyl sites for hydroxylation is 1. The number of nitrogens with zero attached hydrogens (tertiary/aromatic N) is 3. The summed E-state index contributed by atoms with van der Waals surface area (Å²) >= 11 is 1.37. The number of nitro benzene ring substituents is 1. The van der Waals surface area contributed by atoms with Crippen molar-refractivity contribution in [2.45, 2.75) is 24.2 Å². The van der Waals surface area contributed by atoms with Crippen LogP contribution >= 0.6 is 11.8 Å². The maximum atomic E-state index is 12.6. The van der Waals surface area contributed by atoms with Gasteiger partial charge in [-0.1, -0.05) is 35.1 Å². The van der Waals surface area contributed by atoms with Crippen LogP contribution in [0.3, 0.4) is 0 Å². The SMILES string of the molecule is Cc1cc(CSc2ncccc2C(=O)NCc2ccccc2[N+](=O)[O-])no1. The fourth-order valence-electron chi connectivity index (χ4n) is 2.42. The van der Waals surface area contributed by atoms with Gasteiger partial charge >= 0.3 is 0 Å². The zero-order valence-electron chi connectivity index (χ0n) is 14.4. The van der Waals surface area contributed by atoms with E-state index < -0.39 is 4.92 Å². The molecule has 1 aromatic carbocycles. The molecule has 0 atom stereocenters. The number of pyridine rings is 1. The molecule has 1 amide bonds. The number of hydrogen-bond acceptors (Lipinski definition) is 7. The summed E-state index contributed by atoms with van der Waals surface area (Å²) in [6.07, 6.45) is 1.61. The number of aromatic nitrogens is 2. The summed E-state index contributed by atoms with van der Waals surface area (Å²) in [6.45, 7) is 1.86. The molecule has 0 fully saturated rings. The first-order valence-electron chi connectivity index (χ1n) is 8.05.